The topological polar surface area (TPSA) is 88.6 Å². The van der Waals surface area contributed by atoms with Crippen LogP contribution in [0.1, 0.15) is 29.9 Å². The Hall–Kier alpha value is -1.81. The van der Waals surface area contributed by atoms with Gasteiger partial charge in [0.15, 0.2) is 5.13 Å². The van der Waals surface area contributed by atoms with Crippen LogP contribution in [0.25, 0.3) is 0 Å². The van der Waals surface area contributed by atoms with Crippen molar-refractivity contribution in [3.8, 4) is 0 Å². The predicted molar refractivity (Wildman–Crippen MR) is 100 cm³/mol. The molecule has 140 valence electrons. The molecule has 1 aromatic heterocycles. The van der Waals surface area contributed by atoms with Gasteiger partial charge in [0.2, 0.25) is 10.0 Å². The lowest BCUT2D eigenvalue weighted by Crippen LogP contribution is -2.48. The van der Waals surface area contributed by atoms with Gasteiger partial charge >= 0.3 is 0 Å². The number of hydrogen-bond acceptors (Lipinski definition) is 6. The van der Waals surface area contributed by atoms with Crippen LogP contribution in [0.2, 0.25) is 0 Å². The van der Waals surface area contributed by atoms with Gasteiger partial charge in [0.25, 0.3) is 5.91 Å². The van der Waals surface area contributed by atoms with Crippen molar-refractivity contribution >= 4 is 32.4 Å². The molecule has 1 aliphatic rings. The maximum absolute atomic E-state index is 12.9. The van der Waals surface area contributed by atoms with E-state index in [-0.39, 0.29) is 28.6 Å². The molecule has 26 heavy (non-hydrogen) atoms. The molecule has 2 unspecified atom stereocenters. The molecule has 2 heterocycles. The van der Waals surface area contributed by atoms with Crippen molar-refractivity contribution in [1.29, 1.82) is 0 Å². The second kappa shape index (κ2) is 7.43. The SMILES string of the molecule is Cc1csc(NC(=O)c2cccc(S(=O)(=O)N3CC(C)OC(C)C3)c2)n1. The van der Waals surface area contributed by atoms with Gasteiger partial charge < -0.3 is 4.74 Å². The highest BCUT2D eigenvalue weighted by molar-refractivity contribution is 7.89. The van der Waals surface area contributed by atoms with Crippen molar-refractivity contribution in [2.24, 2.45) is 0 Å². The molecule has 3 rings (SSSR count). The van der Waals surface area contributed by atoms with Gasteiger partial charge in [-0.3, -0.25) is 10.1 Å². The first-order valence-electron chi connectivity index (χ1n) is 8.25. The van der Waals surface area contributed by atoms with Crippen LogP contribution in [0.5, 0.6) is 0 Å². The van der Waals surface area contributed by atoms with Crippen molar-refractivity contribution in [2.75, 3.05) is 18.4 Å². The number of sulfonamides is 1. The first-order valence-corrected chi connectivity index (χ1v) is 10.6. The second-order valence-corrected chi connectivity index (χ2v) is 9.15. The third kappa shape index (κ3) is 4.12. The fourth-order valence-corrected chi connectivity index (χ4v) is 5.17. The number of amides is 1. The molecule has 1 aromatic carbocycles. The zero-order chi connectivity index (χ0) is 18.9. The van der Waals surface area contributed by atoms with Crippen molar-refractivity contribution in [3.05, 3.63) is 40.9 Å². The number of carbonyl (C=O) groups excluding carboxylic acids is 1. The van der Waals surface area contributed by atoms with Crippen LogP contribution < -0.4 is 5.32 Å². The first kappa shape index (κ1) is 19.0. The number of morpholine rings is 1. The molecule has 1 amide bonds. The number of nitrogens with zero attached hydrogens (tertiary/aromatic N) is 2. The lowest BCUT2D eigenvalue weighted by Gasteiger charge is -2.34. The summed E-state index contributed by atoms with van der Waals surface area (Å²) in [5.41, 5.74) is 1.09. The minimum absolute atomic E-state index is 0.0989. The van der Waals surface area contributed by atoms with E-state index in [2.05, 4.69) is 10.3 Å². The lowest BCUT2D eigenvalue weighted by molar-refractivity contribution is -0.0440. The number of anilines is 1. The summed E-state index contributed by atoms with van der Waals surface area (Å²) in [6.07, 6.45) is -0.346. The lowest BCUT2D eigenvalue weighted by atomic mass is 10.2. The maximum atomic E-state index is 12.9. The summed E-state index contributed by atoms with van der Waals surface area (Å²) in [6, 6.07) is 6.06. The summed E-state index contributed by atoms with van der Waals surface area (Å²) in [4.78, 5) is 16.7. The molecule has 0 saturated carbocycles. The summed E-state index contributed by atoms with van der Waals surface area (Å²) < 4.78 is 32.9. The van der Waals surface area contributed by atoms with Crippen LogP contribution >= 0.6 is 11.3 Å². The Kier molecular flexibility index (Phi) is 5.42. The smallest absolute Gasteiger partial charge is 0.257 e. The zero-order valence-electron chi connectivity index (χ0n) is 14.8. The Morgan fingerprint density at radius 1 is 1.31 bits per heavy atom. The van der Waals surface area contributed by atoms with E-state index >= 15 is 0 Å². The molecule has 0 bridgehead atoms. The van der Waals surface area contributed by atoms with Gasteiger partial charge in [0, 0.05) is 24.0 Å². The van der Waals surface area contributed by atoms with Crippen molar-refractivity contribution in [1.82, 2.24) is 9.29 Å². The van der Waals surface area contributed by atoms with Gasteiger partial charge in [0.05, 0.1) is 22.8 Å². The largest absolute Gasteiger partial charge is 0.373 e. The third-order valence-electron chi connectivity index (χ3n) is 3.96. The number of aromatic nitrogens is 1. The Morgan fingerprint density at radius 3 is 2.62 bits per heavy atom. The van der Waals surface area contributed by atoms with Crippen LogP contribution in [0.4, 0.5) is 5.13 Å². The number of nitrogens with one attached hydrogen (secondary N) is 1. The molecule has 7 nitrogen and oxygen atoms in total. The van der Waals surface area contributed by atoms with E-state index in [1.54, 1.807) is 12.1 Å². The van der Waals surface area contributed by atoms with E-state index < -0.39 is 10.0 Å². The molecule has 1 fully saturated rings. The highest BCUT2D eigenvalue weighted by atomic mass is 32.2. The Bertz CT molecular complexity index is 900. The Labute approximate surface area is 157 Å². The monoisotopic (exact) mass is 395 g/mol. The number of hydrogen-bond donors (Lipinski definition) is 1. The summed E-state index contributed by atoms with van der Waals surface area (Å²) in [6.45, 7) is 6.11. The molecule has 1 N–H and O–H groups in total. The maximum Gasteiger partial charge on any atom is 0.257 e. The zero-order valence-corrected chi connectivity index (χ0v) is 16.4. The molecule has 9 heteroatoms. The van der Waals surface area contributed by atoms with Gasteiger partial charge in [-0.1, -0.05) is 6.07 Å². The minimum atomic E-state index is -3.69. The van der Waals surface area contributed by atoms with Crippen LogP contribution in [0, 0.1) is 6.92 Å². The van der Waals surface area contributed by atoms with E-state index in [4.69, 9.17) is 4.74 Å². The number of ether oxygens (including phenoxy) is 1. The third-order valence-corrected chi connectivity index (χ3v) is 6.66. The molecule has 1 saturated heterocycles. The normalized spacial score (nSPS) is 21.5. The van der Waals surface area contributed by atoms with Crippen LogP contribution in [0.3, 0.4) is 0 Å². The van der Waals surface area contributed by atoms with Gasteiger partial charge in [-0.2, -0.15) is 4.31 Å². The number of aryl methyl sites for hydroxylation is 1. The number of rotatable bonds is 4. The van der Waals surface area contributed by atoms with Gasteiger partial charge in [-0.25, -0.2) is 13.4 Å². The van der Waals surface area contributed by atoms with E-state index in [0.717, 1.165) is 5.69 Å². The van der Waals surface area contributed by atoms with E-state index in [1.165, 1.54) is 27.8 Å². The Balaban J connectivity index is 1.82. The molecule has 2 atom stereocenters. The summed E-state index contributed by atoms with van der Waals surface area (Å²) in [7, 11) is -3.69. The summed E-state index contributed by atoms with van der Waals surface area (Å²) >= 11 is 1.32. The molecule has 2 aromatic rings. The predicted octanol–water partition coefficient (Wildman–Crippen LogP) is 2.50. The van der Waals surface area contributed by atoms with E-state index in [0.29, 0.717) is 18.2 Å². The number of benzene rings is 1. The molecular weight excluding hydrogens is 374 g/mol. The standard InChI is InChI=1S/C17H21N3O4S2/c1-11-10-25-17(18-11)19-16(21)14-5-4-6-15(7-14)26(22,23)20-8-12(2)24-13(3)9-20/h4-7,10,12-13H,8-9H2,1-3H3,(H,18,19,21). The van der Waals surface area contributed by atoms with E-state index in [1.807, 2.05) is 26.2 Å². The highest BCUT2D eigenvalue weighted by Gasteiger charge is 2.32. The molecule has 0 spiro atoms. The number of carbonyl (C=O) groups is 1. The van der Waals surface area contributed by atoms with Crippen LogP contribution in [0.15, 0.2) is 34.5 Å². The van der Waals surface area contributed by atoms with Crippen molar-refractivity contribution < 1.29 is 17.9 Å². The van der Waals surface area contributed by atoms with Crippen LogP contribution in [-0.2, 0) is 14.8 Å². The quantitative estimate of drug-likeness (QED) is 0.859. The fourth-order valence-electron chi connectivity index (χ4n) is 2.85. The average Bonchev–Trinajstić information content (AvgIpc) is 2.99. The molecular formula is C17H21N3O4S2. The molecule has 0 radical (unpaired) electrons. The minimum Gasteiger partial charge on any atom is -0.373 e. The van der Waals surface area contributed by atoms with Crippen molar-refractivity contribution in [3.63, 3.8) is 0 Å². The summed E-state index contributed by atoms with van der Waals surface area (Å²) in [5.74, 6) is -0.389. The fraction of sp³-hybridized carbons (Fsp3) is 0.412. The molecule has 0 aliphatic carbocycles. The van der Waals surface area contributed by atoms with Gasteiger partial charge in [-0.15, -0.1) is 11.3 Å². The summed E-state index contributed by atoms with van der Waals surface area (Å²) in [5, 5.41) is 5.00. The first-order chi connectivity index (χ1) is 12.3. The van der Waals surface area contributed by atoms with Gasteiger partial charge in [-0.05, 0) is 39.0 Å². The van der Waals surface area contributed by atoms with Crippen LogP contribution in [-0.4, -0.2) is 48.9 Å². The van der Waals surface area contributed by atoms with E-state index in [9.17, 15) is 13.2 Å². The molecule has 1 aliphatic heterocycles. The van der Waals surface area contributed by atoms with Gasteiger partial charge in [0.1, 0.15) is 0 Å². The van der Waals surface area contributed by atoms with Crippen molar-refractivity contribution in [2.45, 2.75) is 37.9 Å². The number of thiazole rings is 1. The average molecular weight is 396 g/mol. The Morgan fingerprint density at radius 2 is 2.00 bits per heavy atom. The highest BCUT2D eigenvalue weighted by Crippen LogP contribution is 2.22. The second-order valence-electron chi connectivity index (χ2n) is 6.36.